The zero-order chi connectivity index (χ0) is 12.5. The smallest absolute Gasteiger partial charge is 0.119 e. The van der Waals surface area contributed by atoms with Crippen molar-refractivity contribution < 1.29 is 19.8 Å². The minimum atomic E-state index is 0.0223. The number of ether oxygens (including phenoxy) is 2. The van der Waals surface area contributed by atoms with Crippen LogP contribution in [0.4, 0.5) is 0 Å². The summed E-state index contributed by atoms with van der Waals surface area (Å²) in [6, 6.07) is 7.24. The molecule has 5 nitrogen and oxygen atoms in total. The zero-order valence-corrected chi connectivity index (χ0v) is 9.80. The first-order valence-electron chi connectivity index (χ1n) is 5.38. The van der Waals surface area contributed by atoms with Gasteiger partial charge in [-0.05, 0) is 36.8 Å². The van der Waals surface area contributed by atoms with Crippen LogP contribution in [0.3, 0.4) is 0 Å². The molecule has 0 aliphatic heterocycles. The summed E-state index contributed by atoms with van der Waals surface area (Å²) in [6.07, 6.45) is 0. The lowest BCUT2D eigenvalue weighted by Crippen LogP contribution is -2.09. The van der Waals surface area contributed by atoms with E-state index in [1.807, 2.05) is 12.1 Å². The van der Waals surface area contributed by atoms with Gasteiger partial charge in [0.25, 0.3) is 0 Å². The number of benzene rings is 1. The number of oxime groups is 1. The molecular formula is C12H17NO4. The van der Waals surface area contributed by atoms with Gasteiger partial charge in [-0.2, -0.15) is 0 Å². The fourth-order valence-electron chi connectivity index (χ4n) is 1.24. The average molecular weight is 239 g/mol. The highest BCUT2D eigenvalue weighted by molar-refractivity contribution is 5.98. The molecule has 17 heavy (non-hydrogen) atoms. The van der Waals surface area contributed by atoms with Gasteiger partial charge in [0.2, 0.25) is 0 Å². The summed E-state index contributed by atoms with van der Waals surface area (Å²) in [5.41, 5.74) is 1.40. The Morgan fingerprint density at radius 3 is 2.47 bits per heavy atom. The minimum absolute atomic E-state index is 0.0223. The molecule has 0 fully saturated rings. The van der Waals surface area contributed by atoms with E-state index in [9.17, 15) is 0 Å². The molecule has 0 unspecified atom stereocenters. The summed E-state index contributed by atoms with van der Waals surface area (Å²) in [5.74, 6) is 0.729. The number of nitrogens with zero attached hydrogens (tertiary/aromatic N) is 1. The Labute approximate surface area is 100 Å². The maximum Gasteiger partial charge on any atom is 0.119 e. The second-order valence-electron chi connectivity index (χ2n) is 3.39. The van der Waals surface area contributed by atoms with E-state index in [1.165, 1.54) is 0 Å². The van der Waals surface area contributed by atoms with Gasteiger partial charge in [-0.3, -0.25) is 0 Å². The van der Waals surface area contributed by atoms with Gasteiger partial charge in [-0.25, -0.2) is 0 Å². The van der Waals surface area contributed by atoms with Crippen LogP contribution in [0, 0.1) is 0 Å². The zero-order valence-electron chi connectivity index (χ0n) is 9.80. The van der Waals surface area contributed by atoms with Crippen LogP contribution in [0.1, 0.15) is 12.5 Å². The second-order valence-corrected chi connectivity index (χ2v) is 3.39. The molecule has 5 heteroatoms. The topological polar surface area (TPSA) is 71.3 Å². The van der Waals surface area contributed by atoms with Crippen LogP contribution < -0.4 is 4.74 Å². The first-order valence-corrected chi connectivity index (χ1v) is 5.38. The third-order valence-corrected chi connectivity index (χ3v) is 2.15. The molecule has 0 atom stereocenters. The van der Waals surface area contributed by atoms with Crippen LogP contribution in [0.25, 0.3) is 0 Å². The van der Waals surface area contributed by atoms with Gasteiger partial charge in [-0.15, -0.1) is 0 Å². The van der Waals surface area contributed by atoms with Crippen molar-refractivity contribution in [3.8, 4) is 5.75 Å². The van der Waals surface area contributed by atoms with Gasteiger partial charge >= 0.3 is 0 Å². The van der Waals surface area contributed by atoms with Gasteiger partial charge in [0.05, 0.1) is 25.5 Å². The van der Waals surface area contributed by atoms with Gasteiger partial charge in [-0.1, -0.05) is 5.16 Å². The molecule has 94 valence electrons. The van der Waals surface area contributed by atoms with Crippen molar-refractivity contribution in [1.29, 1.82) is 0 Å². The van der Waals surface area contributed by atoms with E-state index in [-0.39, 0.29) is 6.61 Å². The van der Waals surface area contributed by atoms with E-state index in [2.05, 4.69) is 5.16 Å². The van der Waals surface area contributed by atoms with E-state index >= 15 is 0 Å². The molecule has 0 aromatic heterocycles. The molecule has 2 N–H and O–H groups in total. The molecule has 0 heterocycles. The van der Waals surface area contributed by atoms with Crippen molar-refractivity contribution in [3.63, 3.8) is 0 Å². The summed E-state index contributed by atoms with van der Waals surface area (Å²) in [7, 11) is 0. The highest BCUT2D eigenvalue weighted by Gasteiger charge is 1.98. The van der Waals surface area contributed by atoms with Crippen LogP contribution >= 0.6 is 0 Å². The average Bonchev–Trinajstić information content (AvgIpc) is 2.38. The largest absolute Gasteiger partial charge is 0.491 e. The first kappa shape index (κ1) is 13.5. The lowest BCUT2D eigenvalue weighted by molar-refractivity contribution is 0.0705. The van der Waals surface area contributed by atoms with Gasteiger partial charge < -0.3 is 19.8 Å². The molecule has 0 amide bonds. The van der Waals surface area contributed by atoms with Gasteiger partial charge in [0.1, 0.15) is 12.4 Å². The van der Waals surface area contributed by atoms with Crippen molar-refractivity contribution >= 4 is 5.71 Å². The first-order chi connectivity index (χ1) is 8.27. The number of hydrogen-bond donors (Lipinski definition) is 2. The van der Waals surface area contributed by atoms with Crippen molar-refractivity contribution in [2.24, 2.45) is 5.16 Å². The van der Waals surface area contributed by atoms with E-state index < -0.39 is 0 Å². The standard InChI is InChI=1S/C12H17NO4/c1-10(13-15)11-2-4-12(5-3-11)17-9-8-16-7-6-14/h2-5,14-15H,6-9H2,1H3/b13-10-. The quantitative estimate of drug-likeness (QED) is 0.325. The third-order valence-electron chi connectivity index (χ3n) is 2.15. The lowest BCUT2D eigenvalue weighted by atomic mass is 10.1. The predicted molar refractivity (Wildman–Crippen MR) is 63.8 cm³/mol. The molecule has 0 aliphatic carbocycles. The molecule has 0 bridgehead atoms. The summed E-state index contributed by atoms with van der Waals surface area (Å²) in [4.78, 5) is 0. The molecule has 1 aromatic carbocycles. The summed E-state index contributed by atoms with van der Waals surface area (Å²) >= 11 is 0. The van der Waals surface area contributed by atoms with Crippen LogP contribution in [0.5, 0.6) is 5.75 Å². The second kappa shape index (κ2) is 7.65. The van der Waals surface area contributed by atoms with E-state index in [0.29, 0.717) is 25.5 Å². The molecule has 1 rings (SSSR count). The van der Waals surface area contributed by atoms with Gasteiger partial charge in [0.15, 0.2) is 0 Å². The van der Waals surface area contributed by atoms with Gasteiger partial charge in [0, 0.05) is 0 Å². The minimum Gasteiger partial charge on any atom is -0.491 e. The fourth-order valence-corrected chi connectivity index (χ4v) is 1.24. The van der Waals surface area contributed by atoms with Crippen molar-refractivity contribution in [1.82, 2.24) is 0 Å². The third kappa shape index (κ3) is 4.84. The van der Waals surface area contributed by atoms with Crippen molar-refractivity contribution in [2.75, 3.05) is 26.4 Å². The highest BCUT2D eigenvalue weighted by Crippen LogP contribution is 2.12. The molecule has 0 saturated heterocycles. The van der Waals surface area contributed by atoms with E-state index in [1.54, 1.807) is 19.1 Å². The fraction of sp³-hybridized carbons (Fsp3) is 0.417. The lowest BCUT2D eigenvalue weighted by Gasteiger charge is -2.07. The number of rotatable bonds is 7. The Balaban J connectivity index is 2.35. The Morgan fingerprint density at radius 2 is 1.88 bits per heavy atom. The highest BCUT2D eigenvalue weighted by atomic mass is 16.5. The maximum atomic E-state index is 8.60. The normalized spacial score (nSPS) is 11.5. The van der Waals surface area contributed by atoms with Crippen LogP contribution in [0.15, 0.2) is 29.4 Å². The molecule has 0 saturated carbocycles. The summed E-state index contributed by atoms with van der Waals surface area (Å²) in [6.45, 7) is 2.95. The SMILES string of the molecule is C/C(=N/O)c1ccc(OCCOCCO)cc1. The molecule has 0 radical (unpaired) electrons. The maximum absolute atomic E-state index is 8.60. The van der Waals surface area contributed by atoms with Crippen LogP contribution in [0.2, 0.25) is 0 Å². The molecule has 0 spiro atoms. The van der Waals surface area contributed by atoms with Crippen molar-refractivity contribution in [3.05, 3.63) is 29.8 Å². The number of hydrogen-bond acceptors (Lipinski definition) is 5. The van der Waals surface area contributed by atoms with Crippen LogP contribution in [-0.4, -0.2) is 42.5 Å². The Kier molecular flexibility index (Phi) is 6.06. The number of aliphatic hydroxyl groups is 1. The summed E-state index contributed by atoms with van der Waals surface area (Å²) in [5, 5.41) is 20.2. The Hall–Kier alpha value is -1.59. The molecule has 0 aliphatic rings. The Morgan fingerprint density at radius 1 is 1.18 bits per heavy atom. The monoisotopic (exact) mass is 239 g/mol. The number of aliphatic hydroxyl groups excluding tert-OH is 1. The predicted octanol–water partition coefficient (Wildman–Crippen LogP) is 1.27. The van der Waals surface area contributed by atoms with Crippen molar-refractivity contribution in [2.45, 2.75) is 6.92 Å². The molecule has 1 aromatic rings. The molecular weight excluding hydrogens is 222 g/mol. The van der Waals surface area contributed by atoms with E-state index in [0.717, 1.165) is 11.3 Å². The summed E-state index contributed by atoms with van der Waals surface area (Å²) < 4.78 is 10.5. The van der Waals surface area contributed by atoms with Crippen LogP contribution in [-0.2, 0) is 4.74 Å². The Bertz CT molecular complexity index is 348. The van der Waals surface area contributed by atoms with E-state index in [4.69, 9.17) is 19.8 Å².